The lowest BCUT2D eigenvalue weighted by Gasteiger charge is -2.40. The van der Waals surface area contributed by atoms with Crippen LogP contribution in [0.15, 0.2) is 83.3 Å². The van der Waals surface area contributed by atoms with Crippen molar-refractivity contribution in [3.05, 3.63) is 84.0 Å². The third-order valence-corrected chi connectivity index (χ3v) is 15.2. The minimum Gasteiger partial charge on any atom is -0.379 e. The molecular weight excluding hydrogens is 1050 g/mol. The number of benzene rings is 2. The normalized spacial score (nSPS) is 15.1. The smallest absolute Gasteiger partial charge is 0.264 e. The molecule has 21 nitrogen and oxygen atoms in total. The first-order chi connectivity index (χ1) is 37.6. The molecule has 0 unspecified atom stereocenters. The zero-order valence-electron chi connectivity index (χ0n) is 48.8. The number of amides is 7. The Balaban J connectivity index is 1.59. The molecule has 5 atom stereocenters. The van der Waals surface area contributed by atoms with E-state index in [0.717, 1.165) is 10.5 Å². The van der Waals surface area contributed by atoms with Gasteiger partial charge in [0.1, 0.15) is 6.04 Å². The van der Waals surface area contributed by atoms with Crippen LogP contribution in [0.2, 0.25) is 0 Å². The summed E-state index contributed by atoms with van der Waals surface area (Å²) in [7, 11) is -1.16. The van der Waals surface area contributed by atoms with Gasteiger partial charge in [0, 0.05) is 54.6 Å². The lowest BCUT2D eigenvalue weighted by Crippen LogP contribution is -2.61. The molecule has 444 valence electrons. The Morgan fingerprint density at radius 2 is 1.32 bits per heavy atom. The molecule has 1 aliphatic heterocycles. The maximum Gasteiger partial charge on any atom is 0.264 e. The Morgan fingerprint density at radius 1 is 0.750 bits per heavy atom. The molecule has 7 N–H and O–H groups in total. The number of hydrogen-bond donors (Lipinski definition) is 6. The summed E-state index contributed by atoms with van der Waals surface area (Å²) >= 11 is 0. The number of imide groups is 1. The molecule has 0 radical (unpaired) electrons. The molecule has 7 amide bonds. The van der Waals surface area contributed by atoms with E-state index in [2.05, 4.69) is 26.0 Å². The third kappa shape index (κ3) is 21.1. The first kappa shape index (κ1) is 68.1. The van der Waals surface area contributed by atoms with Gasteiger partial charge in [-0.1, -0.05) is 105 Å². The van der Waals surface area contributed by atoms with Crippen molar-refractivity contribution < 1.29 is 61.0 Å². The van der Waals surface area contributed by atoms with Crippen LogP contribution in [0, 0.1) is 23.2 Å². The maximum absolute atomic E-state index is 14.4. The Kier molecular flexibility index (Phi) is 27.5. The lowest BCUT2D eigenvalue weighted by molar-refractivity contribution is -0.141. The second-order valence-corrected chi connectivity index (χ2v) is 24.0. The van der Waals surface area contributed by atoms with Gasteiger partial charge in [0.2, 0.25) is 23.6 Å². The SMILES string of the molecule is CN[C@H](C(=O)N[C@H](C(=O)N(C)[C@H](/C=C(\C)C(=O)NS(=O)(=O)c1ccc(NC(=O)[C@H](CCCCN)CC(=O)[C@@H](NC(=O)CCOCCOCCOCCN2C(=O)C=CC2=O)C(C)C)cc1)C(C)C)C(C)(C)C)C(C)(C)c1ccccc1. The van der Waals surface area contributed by atoms with Crippen LogP contribution in [0.25, 0.3) is 0 Å². The summed E-state index contributed by atoms with van der Waals surface area (Å²) in [4.78, 5) is 108. The monoisotopic (exact) mass is 1140 g/mol. The number of ether oxygens (including phenoxy) is 3. The number of hydrogen-bond acceptors (Lipinski definition) is 15. The van der Waals surface area contributed by atoms with Crippen molar-refractivity contribution in [2.45, 2.75) is 136 Å². The molecule has 2 aromatic carbocycles. The molecule has 0 bridgehead atoms. The number of anilines is 1. The first-order valence-electron chi connectivity index (χ1n) is 27.3. The molecular formula is C58H88N8O13S. The van der Waals surface area contributed by atoms with Crippen molar-refractivity contribution in [2.24, 2.45) is 28.9 Å². The van der Waals surface area contributed by atoms with Gasteiger partial charge in [-0.25, -0.2) is 13.1 Å². The highest BCUT2D eigenvalue weighted by Gasteiger charge is 2.42. The lowest BCUT2D eigenvalue weighted by atomic mass is 9.76. The van der Waals surface area contributed by atoms with Gasteiger partial charge in [-0.05, 0) is 80.4 Å². The molecule has 0 saturated carbocycles. The van der Waals surface area contributed by atoms with Gasteiger partial charge in [0.15, 0.2) is 5.78 Å². The van der Waals surface area contributed by atoms with E-state index in [4.69, 9.17) is 19.9 Å². The van der Waals surface area contributed by atoms with Crippen molar-refractivity contribution in [3.8, 4) is 0 Å². The Bertz CT molecular complexity index is 2560. The summed E-state index contributed by atoms with van der Waals surface area (Å²) in [5.74, 6) is -5.02. The summed E-state index contributed by atoms with van der Waals surface area (Å²) in [5.41, 5.74) is 5.56. The van der Waals surface area contributed by atoms with Crippen LogP contribution in [0.4, 0.5) is 5.69 Å². The predicted octanol–water partition coefficient (Wildman–Crippen LogP) is 4.17. The molecule has 0 spiro atoms. The first-order valence-corrected chi connectivity index (χ1v) is 28.8. The number of sulfonamides is 1. The fourth-order valence-corrected chi connectivity index (χ4v) is 10.0. The van der Waals surface area contributed by atoms with E-state index < -0.39 is 74.6 Å². The summed E-state index contributed by atoms with van der Waals surface area (Å²) < 4.78 is 45.7. The van der Waals surface area contributed by atoms with E-state index in [1.54, 1.807) is 27.9 Å². The van der Waals surface area contributed by atoms with E-state index in [0.29, 0.717) is 25.8 Å². The van der Waals surface area contributed by atoms with Crippen molar-refractivity contribution >= 4 is 62.8 Å². The highest BCUT2D eigenvalue weighted by atomic mass is 32.2. The average molecular weight is 1140 g/mol. The second-order valence-electron chi connectivity index (χ2n) is 22.3. The van der Waals surface area contributed by atoms with E-state index in [-0.39, 0.29) is 111 Å². The quantitative estimate of drug-likeness (QED) is 0.0321. The second kappa shape index (κ2) is 32.3. The average Bonchev–Trinajstić information content (AvgIpc) is 3.73. The minimum atomic E-state index is -4.44. The number of ketones is 1. The third-order valence-electron chi connectivity index (χ3n) is 13.8. The fourth-order valence-electron chi connectivity index (χ4n) is 8.99. The van der Waals surface area contributed by atoms with Crippen molar-refractivity contribution in [1.29, 1.82) is 0 Å². The van der Waals surface area contributed by atoms with Gasteiger partial charge in [-0.2, -0.15) is 0 Å². The van der Waals surface area contributed by atoms with Crippen LogP contribution in [-0.4, -0.2) is 156 Å². The van der Waals surface area contributed by atoms with Crippen molar-refractivity contribution in [1.82, 2.24) is 30.5 Å². The van der Waals surface area contributed by atoms with Gasteiger partial charge in [-0.3, -0.25) is 43.3 Å². The molecule has 0 aliphatic carbocycles. The molecule has 22 heteroatoms. The summed E-state index contributed by atoms with van der Waals surface area (Å²) in [5, 5.41) is 11.7. The number of Topliss-reactive ketones (excluding diaryl/α,β-unsaturated/α-hetero) is 1. The van der Waals surface area contributed by atoms with Gasteiger partial charge >= 0.3 is 0 Å². The number of nitrogens with two attached hydrogens (primary N) is 1. The topological polar surface area (TPSA) is 291 Å². The van der Waals surface area contributed by atoms with Crippen molar-refractivity contribution in [3.63, 3.8) is 0 Å². The van der Waals surface area contributed by atoms with Crippen LogP contribution in [0.3, 0.4) is 0 Å². The van der Waals surface area contributed by atoms with Crippen LogP contribution >= 0.6 is 0 Å². The summed E-state index contributed by atoms with van der Waals surface area (Å²) in [6, 6.07) is 11.5. The number of nitrogens with zero attached hydrogens (tertiary/aromatic N) is 2. The fraction of sp³-hybridized carbons (Fsp3) is 0.586. The Morgan fingerprint density at radius 3 is 1.86 bits per heavy atom. The molecule has 80 heavy (non-hydrogen) atoms. The number of unbranched alkanes of at least 4 members (excludes halogenated alkanes) is 1. The van der Waals surface area contributed by atoms with Gasteiger partial charge < -0.3 is 46.1 Å². The number of likely N-dealkylation sites (N-methyl/N-ethyl adjacent to an activating group) is 2. The molecule has 1 aliphatic rings. The van der Waals surface area contributed by atoms with Gasteiger partial charge in [0.05, 0.1) is 69.2 Å². The Hall–Kier alpha value is -6.17. The Labute approximate surface area is 473 Å². The molecule has 0 aromatic heterocycles. The van der Waals surface area contributed by atoms with Gasteiger partial charge in [0.25, 0.3) is 27.7 Å². The molecule has 3 rings (SSSR count). The molecule has 0 saturated heterocycles. The number of carbonyl (C=O) groups excluding carboxylic acids is 8. The zero-order valence-corrected chi connectivity index (χ0v) is 49.7. The van der Waals surface area contributed by atoms with E-state index in [1.807, 2.05) is 78.8 Å². The van der Waals surface area contributed by atoms with E-state index in [9.17, 15) is 46.8 Å². The molecule has 2 aromatic rings. The van der Waals surface area contributed by atoms with Crippen LogP contribution in [0.1, 0.15) is 107 Å². The predicted molar refractivity (Wildman–Crippen MR) is 305 cm³/mol. The number of rotatable bonds is 35. The molecule has 0 fully saturated rings. The number of carbonyl (C=O) groups is 8. The largest absolute Gasteiger partial charge is 0.379 e. The van der Waals surface area contributed by atoms with Gasteiger partial charge in [-0.15, -0.1) is 0 Å². The summed E-state index contributed by atoms with van der Waals surface area (Å²) in [6.45, 7) is 19.9. The minimum absolute atomic E-state index is 0.0260. The van der Waals surface area contributed by atoms with Crippen molar-refractivity contribution in [2.75, 3.05) is 72.1 Å². The zero-order chi connectivity index (χ0) is 60.0. The summed E-state index contributed by atoms with van der Waals surface area (Å²) in [6.07, 6.45) is 5.21. The molecule has 1 heterocycles. The number of nitrogens with one attached hydrogen (secondary N) is 5. The highest BCUT2D eigenvalue weighted by Crippen LogP contribution is 2.30. The van der Waals surface area contributed by atoms with Crippen LogP contribution in [0.5, 0.6) is 0 Å². The maximum atomic E-state index is 14.4. The standard InChI is InChI=1S/C58H88N8O13S/c1-38(2)45(65(12)56(74)52(57(6,7)8)63-55(73)51(60-11)58(9,10)42-19-14-13-15-20-42)36-40(5)53(71)64-80(75,76)44-23-21-43(22-24-44)61-54(72)41(18-16-17-28-59)37-46(67)50(39(3)4)62-47(68)27-30-77-32-34-79-35-33-78-31-29-66-48(69)25-26-49(66)70/h13-15,19-26,36,38-39,41,45,50-52,60H,16-18,27-35,37,59H2,1-12H3,(H,61,72)(H,62,68)(H,63,73)(H,64,71)/b40-36+/t41-,45-,50+,51-,52-/m1/s1. The highest BCUT2D eigenvalue weighted by molar-refractivity contribution is 7.90. The van der Waals surface area contributed by atoms with E-state index in [1.165, 1.54) is 54.3 Å². The van der Waals surface area contributed by atoms with Crippen LogP contribution < -0.4 is 31.7 Å². The van der Waals surface area contributed by atoms with Crippen LogP contribution in [-0.2, 0) is 68.0 Å². The van der Waals surface area contributed by atoms with E-state index >= 15 is 0 Å².